The number of benzene rings is 1. The van der Waals surface area contributed by atoms with E-state index >= 15 is 0 Å². The number of halogens is 1. The Hall–Kier alpha value is -0.870. The quantitative estimate of drug-likeness (QED) is 0.839. The fourth-order valence-electron chi connectivity index (χ4n) is 1.26. The highest BCUT2D eigenvalue weighted by molar-refractivity contribution is 8.93. The number of methoxy groups -OCH3 is 1. The molecule has 0 atom stereocenters. The van der Waals surface area contributed by atoms with Crippen LogP contribution in [0.2, 0.25) is 0 Å². The van der Waals surface area contributed by atoms with Crippen molar-refractivity contribution in [2.75, 3.05) is 7.11 Å². The zero-order chi connectivity index (χ0) is 9.97. The number of ether oxygens (including phenoxy) is 1. The molecular formula is C11H12BrNOS. The lowest BCUT2D eigenvalue weighted by Gasteiger charge is -2.00. The summed E-state index contributed by atoms with van der Waals surface area (Å²) < 4.78 is 5.09. The van der Waals surface area contributed by atoms with Gasteiger partial charge in [-0.3, -0.25) is 0 Å². The molecule has 1 heterocycles. The summed E-state index contributed by atoms with van der Waals surface area (Å²) in [7, 11) is 1.67. The summed E-state index contributed by atoms with van der Waals surface area (Å²) in [4.78, 5) is 4.41. The SMILES string of the molecule is Br.COc1ccc(-c2csc(C)n2)cc1. The number of nitrogens with zero attached hydrogens (tertiary/aromatic N) is 1. The minimum atomic E-state index is 0. The van der Waals surface area contributed by atoms with Crippen molar-refractivity contribution < 1.29 is 4.74 Å². The number of aromatic nitrogens is 1. The van der Waals surface area contributed by atoms with Crippen LogP contribution in [0.1, 0.15) is 5.01 Å². The predicted octanol–water partition coefficient (Wildman–Crippen LogP) is 3.71. The molecule has 0 amide bonds. The third kappa shape index (κ3) is 2.79. The van der Waals surface area contributed by atoms with Crippen LogP contribution in [0, 0.1) is 6.92 Å². The maximum atomic E-state index is 5.09. The van der Waals surface area contributed by atoms with Gasteiger partial charge in [-0.2, -0.15) is 0 Å². The highest BCUT2D eigenvalue weighted by Crippen LogP contribution is 2.23. The molecule has 0 aliphatic carbocycles. The Morgan fingerprint density at radius 1 is 1.20 bits per heavy atom. The van der Waals surface area contributed by atoms with Gasteiger partial charge in [0, 0.05) is 10.9 Å². The van der Waals surface area contributed by atoms with Crippen LogP contribution in [0.4, 0.5) is 0 Å². The fraction of sp³-hybridized carbons (Fsp3) is 0.182. The van der Waals surface area contributed by atoms with E-state index in [9.17, 15) is 0 Å². The number of hydrogen-bond acceptors (Lipinski definition) is 3. The van der Waals surface area contributed by atoms with E-state index < -0.39 is 0 Å². The van der Waals surface area contributed by atoms with Crippen LogP contribution in [0.5, 0.6) is 5.75 Å². The molecule has 2 rings (SSSR count). The molecule has 0 radical (unpaired) electrons. The van der Waals surface area contributed by atoms with E-state index in [1.54, 1.807) is 18.4 Å². The number of hydrogen-bond donors (Lipinski definition) is 0. The van der Waals surface area contributed by atoms with Crippen molar-refractivity contribution in [2.45, 2.75) is 6.92 Å². The summed E-state index contributed by atoms with van der Waals surface area (Å²) in [5.74, 6) is 0.876. The van der Waals surface area contributed by atoms with E-state index in [2.05, 4.69) is 10.4 Å². The monoisotopic (exact) mass is 285 g/mol. The zero-order valence-corrected chi connectivity index (χ0v) is 11.1. The van der Waals surface area contributed by atoms with Gasteiger partial charge in [-0.25, -0.2) is 4.98 Å². The molecule has 2 aromatic rings. The van der Waals surface area contributed by atoms with E-state index in [0.717, 1.165) is 22.0 Å². The standard InChI is InChI=1S/C11H11NOS.BrH/c1-8-12-11(7-14-8)9-3-5-10(13-2)6-4-9;/h3-7H,1-2H3;1H. The molecule has 1 aromatic carbocycles. The van der Waals surface area contributed by atoms with E-state index in [1.807, 2.05) is 31.2 Å². The molecule has 80 valence electrons. The zero-order valence-electron chi connectivity index (χ0n) is 8.56. The van der Waals surface area contributed by atoms with Crippen LogP contribution in [0.3, 0.4) is 0 Å². The second-order valence-electron chi connectivity index (χ2n) is 2.98. The largest absolute Gasteiger partial charge is 0.497 e. The smallest absolute Gasteiger partial charge is 0.118 e. The molecule has 0 saturated carbocycles. The molecule has 0 saturated heterocycles. The number of rotatable bonds is 2. The Labute approximate surface area is 104 Å². The van der Waals surface area contributed by atoms with Crippen molar-refractivity contribution in [1.82, 2.24) is 4.98 Å². The summed E-state index contributed by atoms with van der Waals surface area (Å²) >= 11 is 1.67. The lowest BCUT2D eigenvalue weighted by atomic mass is 10.2. The maximum Gasteiger partial charge on any atom is 0.118 e. The van der Waals surface area contributed by atoms with Crippen LogP contribution in [-0.4, -0.2) is 12.1 Å². The minimum absolute atomic E-state index is 0. The van der Waals surface area contributed by atoms with Gasteiger partial charge in [0.2, 0.25) is 0 Å². The first-order valence-electron chi connectivity index (χ1n) is 4.36. The molecule has 2 nitrogen and oxygen atoms in total. The topological polar surface area (TPSA) is 22.1 Å². The van der Waals surface area contributed by atoms with Gasteiger partial charge in [0.15, 0.2) is 0 Å². The number of aryl methyl sites for hydroxylation is 1. The summed E-state index contributed by atoms with van der Waals surface area (Å²) in [6.07, 6.45) is 0. The summed E-state index contributed by atoms with van der Waals surface area (Å²) in [5, 5.41) is 3.16. The van der Waals surface area contributed by atoms with Crippen molar-refractivity contribution in [2.24, 2.45) is 0 Å². The third-order valence-corrected chi connectivity index (χ3v) is 2.78. The molecule has 0 spiro atoms. The molecular weight excluding hydrogens is 274 g/mol. The molecule has 0 fully saturated rings. The molecule has 4 heteroatoms. The first kappa shape index (κ1) is 12.2. The first-order valence-corrected chi connectivity index (χ1v) is 5.24. The summed E-state index contributed by atoms with van der Waals surface area (Å²) in [6, 6.07) is 7.94. The van der Waals surface area contributed by atoms with E-state index in [0.29, 0.717) is 0 Å². The van der Waals surface area contributed by atoms with Crippen molar-refractivity contribution in [3.63, 3.8) is 0 Å². The second kappa shape index (κ2) is 5.28. The van der Waals surface area contributed by atoms with Gasteiger partial charge in [0.05, 0.1) is 17.8 Å². The van der Waals surface area contributed by atoms with E-state index in [4.69, 9.17) is 4.74 Å². The highest BCUT2D eigenvalue weighted by atomic mass is 79.9. The molecule has 0 bridgehead atoms. The maximum absolute atomic E-state index is 5.09. The summed E-state index contributed by atoms with van der Waals surface area (Å²) in [6.45, 7) is 2.01. The molecule has 15 heavy (non-hydrogen) atoms. The van der Waals surface area contributed by atoms with Crippen LogP contribution >= 0.6 is 28.3 Å². The van der Waals surface area contributed by atoms with Crippen molar-refractivity contribution >= 4 is 28.3 Å². The second-order valence-corrected chi connectivity index (χ2v) is 4.04. The molecule has 0 aliphatic heterocycles. The predicted molar refractivity (Wildman–Crippen MR) is 69.2 cm³/mol. The summed E-state index contributed by atoms with van der Waals surface area (Å²) in [5.41, 5.74) is 2.17. The Morgan fingerprint density at radius 3 is 2.33 bits per heavy atom. The molecule has 0 aliphatic rings. The Balaban J connectivity index is 0.00000112. The normalized spacial score (nSPS) is 9.47. The van der Waals surface area contributed by atoms with Crippen LogP contribution < -0.4 is 4.74 Å². The minimum Gasteiger partial charge on any atom is -0.497 e. The lowest BCUT2D eigenvalue weighted by molar-refractivity contribution is 0.415. The van der Waals surface area contributed by atoms with Gasteiger partial charge in [-0.1, -0.05) is 0 Å². The van der Waals surface area contributed by atoms with Gasteiger partial charge in [-0.05, 0) is 31.2 Å². The van der Waals surface area contributed by atoms with E-state index in [-0.39, 0.29) is 17.0 Å². The van der Waals surface area contributed by atoms with Crippen LogP contribution in [0.15, 0.2) is 29.6 Å². The first-order chi connectivity index (χ1) is 6.79. The molecule has 0 N–H and O–H groups in total. The average Bonchev–Trinajstić information content (AvgIpc) is 2.65. The fourth-order valence-corrected chi connectivity index (χ4v) is 1.88. The van der Waals surface area contributed by atoms with Crippen molar-refractivity contribution in [1.29, 1.82) is 0 Å². The average molecular weight is 286 g/mol. The van der Waals surface area contributed by atoms with Gasteiger partial charge in [0.25, 0.3) is 0 Å². The third-order valence-electron chi connectivity index (χ3n) is 2.00. The van der Waals surface area contributed by atoms with Gasteiger partial charge < -0.3 is 4.74 Å². The van der Waals surface area contributed by atoms with Crippen molar-refractivity contribution in [3.8, 4) is 17.0 Å². The van der Waals surface area contributed by atoms with E-state index in [1.165, 1.54) is 0 Å². The molecule has 1 aromatic heterocycles. The Morgan fingerprint density at radius 2 is 1.87 bits per heavy atom. The lowest BCUT2D eigenvalue weighted by Crippen LogP contribution is -1.82. The Kier molecular flexibility index (Phi) is 4.29. The van der Waals surface area contributed by atoms with Gasteiger partial charge >= 0.3 is 0 Å². The highest BCUT2D eigenvalue weighted by Gasteiger charge is 2.01. The van der Waals surface area contributed by atoms with Gasteiger partial charge in [-0.15, -0.1) is 28.3 Å². The van der Waals surface area contributed by atoms with Crippen LogP contribution in [-0.2, 0) is 0 Å². The Bertz CT molecular complexity index is 424. The van der Waals surface area contributed by atoms with Crippen LogP contribution in [0.25, 0.3) is 11.3 Å². The van der Waals surface area contributed by atoms with Crippen molar-refractivity contribution in [3.05, 3.63) is 34.7 Å². The van der Waals surface area contributed by atoms with Gasteiger partial charge in [0.1, 0.15) is 5.75 Å². The number of thiazole rings is 1. The molecule has 0 unspecified atom stereocenters.